The highest BCUT2D eigenvalue weighted by molar-refractivity contribution is 5.95. The van der Waals surface area contributed by atoms with E-state index in [9.17, 15) is 18.7 Å². The number of rotatable bonds is 10. The number of nitrogens with zero attached hydrogens (tertiary/aromatic N) is 3. The number of pyridine rings is 1. The summed E-state index contributed by atoms with van der Waals surface area (Å²) in [5.41, 5.74) is 1.10. The Hall–Kier alpha value is -3.40. The predicted molar refractivity (Wildman–Crippen MR) is 121 cm³/mol. The van der Waals surface area contributed by atoms with Crippen molar-refractivity contribution in [2.45, 2.75) is 32.3 Å². The first kappa shape index (κ1) is 23.7. The number of likely N-dealkylation sites (tertiary alicyclic amines) is 1. The molecule has 0 saturated carbocycles. The number of piperidine rings is 1. The molecule has 0 bridgehead atoms. The molecule has 0 amide bonds. The average molecular weight is 475 g/mol. The van der Waals surface area contributed by atoms with Gasteiger partial charge >= 0.3 is 12.6 Å². The minimum atomic E-state index is -3.19. The lowest BCUT2D eigenvalue weighted by molar-refractivity contribution is -0.0504. The molecule has 1 aromatic carbocycles. The Morgan fingerprint density at radius 3 is 2.65 bits per heavy atom. The van der Waals surface area contributed by atoms with Crippen LogP contribution >= 0.6 is 0 Å². The summed E-state index contributed by atoms with van der Waals surface area (Å²) in [5.74, 6) is -1.33. The average Bonchev–Trinajstić information content (AvgIpc) is 3.24. The van der Waals surface area contributed by atoms with Crippen molar-refractivity contribution in [2.24, 2.45) is 0 Å². The van der Waals surface area contributed by atoms with Crippen LogP contribution in [-0.4, -0.2) is 65.3 Å². The summed E-state index contributed by atoms with van der Waals surface area (Å²) in [6.45, 7) is 0.751. The maximum absolute atomic E-state index is 12.9. The molecule has 10 heteroatoms. The molecule has 182 valence electrons. The van der Waals surface area contributed by atoms with Crippen LogP contribution in [0.3, 0.4) is 0 Å². The highest BCUT2D eigenvalue weighted by atomic mass is 19.3. The fourth-order valence-corrected chi connectivity index (χ4v) is 4.22. The lowest BCUT2D eigenvalue weighted by Gasteiger charge is -2.26. The molecule has 1 aliphatic heterocycles. The van der Waals surface area contributed by atoms with Gasteiger partial charge in [0.1, 0.15) is 28.5 Å². The smallest absolute Gasteiger partial charge is 0.387 e. The standard InChI is InChI=1S/C24H27F2N3O5/c1-32-19-12-16(13-20(34-24(25)26)22(19)23(30)31)18-15-27-21-14-17(6-10-29(18)21)33-11-5-9-28-7-3-2-4-8-28/h6,10,12-15,24H,2-5,7-9,11H2,1H3,(H,30,31). The molecule has 0 radical (unpaired) electrons. The van der Waals surface area contributed by atoms with Crippen LogP contribution in [0.5, 0.6) is 17.2 Å². The number of carboxylic acid groups (broad SMARTS) is 1. The summed E-state index contributed by atoms with van der Waals surface area (Å²) < 4.78 is 43.1. The number of carbonyl (C=O) groups is 1. The summed E-state index contributed by atoms with van der Waals surface area (Å²) >= 11 is 0. The molecule has 2 aromatic heterocycles. The van der Waals surface area contributed by atoms with Crippen molar-refractivity contribution in [1.29, 1.82) is 0 Å². The Morgan fingerprint density at radius 2 is 1.94 bits per heavy atom. The molecule has 3 heterocycles. The van der Waals surface area contributed by atoms with Gasteiger partial charge in [-0.2, -0.15) is 8.78 Å². The van der Waals surface area contributed by atoms with Crippen LogP contribution < -0.4 is 14.2 Å². The monoisotopic (exact) mass is 475 g/mol. The number of imidazole rings is 1. The molecule has 0 unspecified atom stereocenters. The molecule has 34 heavy (non-hydrogen) atoms. The largest absolute Gasteiger partial charge is 0.496 e. The lowest BCUT2D eigenvalue weighted by atomic mass is 10.1. The first-order valence-electron chi connectivity index (χ1n) is 11.2. The lowest BCUT2D eigenvalue weighted by Crippen LogP contribution is -2.31. The molecule has 0 atom stereocenters. The van der Waals surface area contributed by atoms with E-state index < -0.39 is 23.9 Å². The van der Waals surface area contributed by atoms with Crippen molar-refractivity contribution in [3.05, 3.63) is 42.2 Å². The van der Waals surface area contributed by atoms with E-state index in [0.717, 1.165) is 26.1 Å². The number of ether oxygens (including phenoxy) is 3. The number of aromatic carboxylic acids is 1. The fraction of sp³-hybridized carbons (Fsp3) is 0.417. The van der Waals surface area contributed by atoms with E-state index in [2.05, 4.69) is 14.6 Å². The Labute approximate surface area is 195 Å². The van der Waals surface area contributed by atoms with Gasteiger partial charge in [-0.15, -0.1) is 0 Å². The van der Waals surface area contributed by atoms with Crippen LogP contribution in [0.25, 0.3) is 16.9 Å². The summed E-state index contributed by atoms with van der Waals surface area (Å²) in [6, 6.07) is 6.30. The second-order valence-electron chi connectivity index (χ2n) is 8.07. The molecular formula is C24H27F2N3O5. The maximum Gasteiger partial charge on any atom is 0.387 e. The number of halogens is 2. The Bertz CT molecular complexity index is 1150. The first-order valence-corrected chi connectivity index (χ1v) is 11.2. The number of hydrogen-bond acceptors (Lipinski definition) is 6. The van der Waals surface area contributed by atoms with Crippen LogP contribution in [0.2, 0.25) is 0 Å². The van der Waals surface area contributed by atoms with E-state index in [1.807, 2.05) is 0 Å². The van der Waals surface area contributed by atoms with Crippen LogP contribution in [0.1, 0.15) is 36.0 Å². The number of carboxylic acids is 1. The molecule has 8 nitrogen and oxygen atoms in total. The van der Waals surface area contributed by atoms with Crippen LogP contribution in [0.15, 0.2) is 36.7 Å². The molecule has 1 saturated heterocycles. The van der Waals surface area contributed by atoms with Gasteiger partial charge in [-0.05, 0) is 50.6 Å². The number of benzene rings is 1. The number of methoxy groups -OCH3 is 1. The third-order valence-electron chi connectivity index (χ3n) is 5.83. The summed E-state index contributed by atoms with van der Waals surface area (Å²) in [6.07, 6.45) is 8.12. The third kappa shape index (κ3) is 5.39. The predicted octanol–water partition coefficient (Wildman–Crippen LogP) is 4.56. The van der Waals surface area contributed by atoms with Crippen LogP contribution in [0.4, 0.5) is 8.78 Å². The van der Waals surface area contributed by atoms with Crippen LogP contribution in [-0.2, 0) is 0 Å². The van der Waals surface area contributed by atoms with Gasteiger partial charge in [-0.1, -0.05) is 6.42 Å². The molecule has 4 rings (SSSR count). The van der Waals surface area contributed by atoms with Gasteiger partial charge in [-0.3, -0.25) is 4.40 Å². The highest BCUT2D eigenvalue weighted by Gasteiger charge is 2.23. The molecule has 0 aliphatic carbocycles. The SMILES string of the molecule is COc1cc(-c2cnc3cc(OCCCN4CCCCC4)ccn23)cc(OC(F)F)c1C(=O)O. The Morgan fingerprint density at radius 1 is 1.18 bits per heavy atom. The van der Waals surface area contributed by atoms with Gasteiger partial charge in [0, 0.05) is 24.4 Å². The highest BCUT2D eigenvalue weighted by Crippen LogP contribution is 2.36. The van der Waals surface area contributed by atoms with E-state index in [-0.39, 0.29) is 5.75 Å². The van der Waals surface area contributed by atoms with Gasteiger partial charge in [-0.25, -0.2) is 9.78 Å². The molecule has 0 spiro atoms. The third-order valence-corrected chi connectivity index (χ3v) is 5.83. The van der Waals surface area contributed by atoms with Gasteiger partial charge in [0.05, 0.1) is 25.6 Å². The van der Waals surface area contributed by atoms with Crippen molar-refractivity contribution in [3.63, 3.8) is 0 Å². The minimum absolute atomic E-state index is 0.0933. The van der Waals surface area contributed by atoms with Gasteiger partial charge in [0.25, 0.3) is 0 Å². The van der Waals surface area contributed by atoms with Gasteiger partial charge in [0.2, 0.25) is 0 Å². The van der Waals surface area contributed by atoms with Crippen molar-refractivity contribution < 1.29 is 32.9 Å². The summed E-state index contributed by atoms with van der Waals surface area (Å²) in [5, 5.41) is 9.44. The molecular weight excluding hydrogens is 448 g/mol. The second kappa shape index (κ2) is 10.7. The van der Waals surface area contributed by atoms with Crippen molar-refractivity contribution >= 4 is 11.6 Å². The topological polar surface area (TPSA) is 85.5 Å². The van der Waals surface area contributed by atoms with E-state index in [0.29, 0.717) is 29.3 Å². The Kier molecular flexibility index (Phi) is 7.46. The summed E-state index contributed by atoms with van der Waals surface area (Å²) in [7, 11) is 1.26. The molecule has 1 N–H and O–H groups in total. The van der Waals surface area contributed by atoms with Crippen LogP contribution in [0, 0.1) is 0 Å². The van der Waals surface area contributed by atoms with Gasteiger partial charge in [0.15, 0.2) is 0 Å². The summed E-state index contributed by atoms with van der Waals surface area (Å²) in [4.78, 5) is 18.4. The van der Waals surface area contributed by atoms with Crippen molar-refractivity contribution in [2.75, 3.05) is 33.4 Å². The zero-order valence-corrected chi connectivity index (χ0v) is 18.9. The van der Waals surface area contributed by atoms with Crippen molar-refractivity contribution in [3.8, 4) is 28.5 Å². The molecule has 3 aromatic rings. The fourth-order valence-electron chi connectivity index (χ4n) is 4.22. The zero-order chi connectivity index (χ0) is 24.1. The van der Waals surface area contributed by atoms with E-state index >= 15 is 0 Å². The van der Waals surface area contributed by atoms with E-state index in [1.165, 1.54) is 38.5 Å². The first-order chi connectivity index (χ1) is 16.5. The Balaban J connectivity index is 1.52. The minimum Gasteiger partial charge on any atom is -0.496 e. The normalized spacial score (nSPS) is 14.5. The van der Waals surface area contributed by atoms with Crippen molar-refractivity contribution in [1.82, 2.24) is 14.3 Å². The number of alkyl halides is 2. The molecule has 1 fully saturated rings. The number of aromatic nitrogens is 2. The van der Waals surface area contributed by atoms with E-state index in [4.69, 9.17) is 9.47 Å². The second-order valence-corrected chi connectivity index (χ2v) is 8.07. The molecule has 1 aliphatic rings. The zero-order valence-electron chi connectivity index (χ0n) is 18.9. The quantitative estimate of drug-likeness (QED) is 0.430. The maximum atomic E-state index is 12.9. The van der Waals surface area contributed by atoms with E-state index in [1.54, 1.807) is 28.9 Å². The van der Waals surface area contributed by atoms with Gasteiger partial charge < -0.3 is 24.2 Å². The number of hydrogen-bond donors (Lipinski definition) is 1. The number of fused-ring (bicyclic) bond motifs is 1.